The van der Waals surface area contributed by atoms with Crippen LogP contribution in [-0.4, -0.2) is 15.5 Å². The van der Waals surface area contributed by atoms with Gasteiger partial charge in [0.2, 0.25) is 0 Å². The average molecular weight is 461 g/mol. The van der Waals surface area contributed by atoms with Crippen molar-refractivity contribution < 1.29 is 9.21 Å². The topological polar surface area (TPSA) is 114 Å². The molecule has 0 bridgehead atoms. The predicted octanol–water partition coefficient (Wildman–Crippen LogP) is 3.12. The SMILES string of the molecule is CCCCn1c(N)c(N(Cc2ccco2)C(=O)c2ccc(Br)cc2)c(=O)[nH]c1=O. The zero-order valence-corrected chi connectivity index (χ0v) is 17.4. The van der Waals surface area contributed by atoms with E-state index in [0.29, 0.717) is 24.3 Å². The van der Waals surface area contributed by atoms with E-state index in [0.717, 1.165) is 10.9 Å². The molecule has 2 heterocycles. The summed E-state index contributed by atoms with van der Waals surface area (Å²) in [5, 5.41) is 0. The van der Waals surface area contributed by atoms with Crippen molar-refractivity contribution >= 4 is 33.3 Å². The number of halogens is 1. The van der Waals surface area contributed by atoms with Crippen LogP contribution in [0.2, 0.25) is 0 Å². The first-order valence-corrected chi connectivity index (χ1v) is 9.94. The summed E-state index contributed by atoms with van der Waals surface area (Å²) in [6.45, 7) is 2.31. The first-order valence-electron chi connectivity index (χ1n) is 9.14. The molecule has 8 nitrogen and oxygen atoms in total. The van der Waals surface area contributed by atoms with Crippen molar-refractivity contribution in [3.8, 4) is 0 Å². The standard InChI is InChI=1S/C20H21BrN4O4/c1-2-3-10-24-17(22)16(18(26)23-20(24)28)25(12-15-5-4-11-29-15)19(27)13-6-8-14(21)9-7-13/h4-9,11H,2-3,10,12,22H2,1H3,(H,23,26,28). The van der Waals surface area contributed by atoms with Gasteiger partial charge in [0.15, 0.2) is 5.69 Å². The number of nitrogens with two attached hydrogens (primary N) is 1. The maximum Gasteiger partial charge on any atom is 0.330 e. The van der Waals surface area contributed by atoms with E-state index in [2.05, 4.69) is 20.9 Å². The summed E-state index contributed by atoms with van der Waals surface area (Å²) in [6.07, 6.45) is 3.02. The largest absolute Gasteiger partial charge is 0.467 e. The number of unbranched alkanes of at least 4 members (excludes halogenated alkanes) is 1. The second-order valence-electron chi connectivity index (χ2n) is 6.48. The molecule has 3 aromatic rings. The summed E-state index contributed by atoms with van der Waals surface area (Å²) >= 11 is 3.34. The molecule has 1 aromatic carbocycles. The lowest BCUT2D eigenvalue weighted by atomic mass is 10.2. The number of furan rings is 1. The highest BCUT2D eigenvalue weighted by Gasteiger charge is 2.26. The van der Waals surface area contributed by atoms with Crippen LogP contribution in [0.1, 0.15) is 35.9 Å². The molecule has 9 heteroatoms. The van der Waals surface area contributed by atoms with Crippen LogP contribution in [0.25, 0.3) is 0 Å². The first-order chi connectivity index (χ1) is 13.9. The third-order valence-electron chi connectivity index (χ3n) is 4.45. The number of hydrogen-bond acceptors (Lipinski definition) is 5. The number of rotatable bonds is 7. The minimum Gasteiger partial charge on any atom is -0.467 e. The number of aromatic nitrogens is 2. The van der Waals surface area contributed by atoms with Crippen LogP contribution < -0.4 is 21.9 Å². The molecule has 0 aliphatic rings. The third-order valence-corrected chi connectivity index (χ3v) is 4.98. The summed E-state index contributed by atoms with van der Waals surface area (Å²) in [6, 6.07) is 10.1. The molecule has 2 aromatic heterocycles. The van der Waals surface area contributed by atoms with Gasteiger partial charge in [0.1, 0.15) is 11.6 Å². The van der Waals surface area contributed by atoms with Crippen LogP contribution in [0.15, 0.2) is 61.1 Å². The second kappa shape index (κ2) is 8.95. The highest BCUT2D eigenvalue weighted by molar-refractivity contribution is 9.10. The first kappa shape index (κ1) is 20.7. The Morgan fingerprint density at radius 1 is 1.24 bits per heavy atom. The van der Waals surface area contributed by atoms with Gasteiger partial charge in [-0.15, -0.1) is 0 Å². The Bertz CT molecular complexity index is 1100. The Balaban J connectivity index is 2.13. The zero-order chi connectivity index (χ0) is 21.0. The molecule has 0 saturated heterocycles. The van der Waals surface area contributed by atoms with Crippen LogP contribution >= 0.6 is 15.9 Å². The fourth-order valence-corrected chi connectivity index (χ4v) is 3.20. The van der Waals surface area contributed by atoms with Gasteiger partial charge in [0.25, 0.3) is 11.5 Å². The van der Waals surface area contributed by atoms with Gasteiger partial charge in [-0.05, 0) is 42.8 Å². The predicted molar refractivity (Wildman–Crippen MR) is 114 cm³/mol. The fourth-order valence-electron chi connectivity index (χ4n) is 2.94. The molecule has 0 atom stereocenters. The van der Waals surface area contributed by atoms with Crippen molar-refractivity contribution in [1.82, 2.24) is 9.55 Å². The number of nitrogens with zero attached hydrogens (tertiary/aromatic N) is 2. The number of anilines is 2. The smallest absolute Gasteiger partial charge is 0.330 e. The van der Waals surface area contributed by atoms with Crippen LogP contribution in [-0.2, 0) is 13.1 Å². The lowest BCUT2D eigenvalue weighted by molar-refractivity contribution is 0.0983. The Morgan fingerprint density at radius 2 is 1.97 bits per heavy atom. The van der Waals surface area contributed by atoms with Crippen molar-refractivity contribution in [2.45, 2.75) is 32.9 Å². The van der Waals surface area contributed by atoms with Crippen molar-refractivity contribution in [2.75, 3.05) is 10.6 Å². The number of amides is 1. The summed E-state index contributed by atoms with van der Waals surface area (Å²) in [5.74, 6) is -0.0171. The molecule has 3 N–H and O–H groups in total. The van der Waals surface area contributed by atoms with Gasteiger partial charge in [-0.2, -0.15) is 0 Å². The molecule has 3 rings (SSSR count). The van der Waals surface area contributed by atoms with E-state index in [1.807, 2.05) is 6.92 Å². The minimum atomic E-state index is -0.725. The number of carbonyl (C=O) groups excluding carboxylic acids is 1. The summed E-state index contributed by atoms with van der Waals surface area (Å²) < 4.78 is 7.47. The molecule has 0 radical (unpaired) electrons. The average Bonchev–Trinajstić information content (AvgIpc) is 3.20. The molecule has 1 amide bonds. The number of carbonyl (C=O) groups is 1. The molecule has 0 unspecified atom stereocenters. The van der Waals surface area contributed by atoms with Crippen molar-refractivity contribution in [3.05, 3.63) is 79.3 Å². The normalized spacial score (nSPS) is 10.8. The lowest BCUT2D eigenvalue weighted by Gasteiger charge is -2.24. The number of benzene rings is 1. The number of nitrogens with one attached hydrogen (secondary N) is 1. The van der Waals surface area contributed by atoms with Gasteiger partial charge in [-0.3, -0.25) is 24.0 Å². The highest BCUT2D eigenvalue weighted by atomic mass is 79.9. The van der Waals surface area contributed by atoms with Gasteiger partial charge in [0, 0.05) is 16.6 Å². The maximum atomic E-state index is 13.3. The molecule has 0 saturated carbocycles. The Labute approximate surface area is 175 Å². The molecule has 0 spiro atoms. The number of aromatic amines is 1. The van der Waals surface area contributed by atoms with Gasteiger partial charge in [-0.1, -0.05) is 29.3 Å². The highest BCUT2D eigenvalue weighted by Crippen LogP contribution is 2.23. The molecule has 0 fully saturated rings. The summed E-state index contributed by atoms with van der Waals surface area (Å²) in [5.41, 5.74) is 5.17. The number of hydrogen-bond donors (Lipinski definition) is 2. The van der Waals surface area contributed by atoms with E-state index in [1.165, 1.54) is 15.7 Å². The van der Waals surface area contributed by atoms with Crippen LogP contribution in [0.3, 0.4) is 0 Å². The molecular weight excluding hydrogens is 440 g/mol. The van der Waals surface area contributed by atoms with Crippen molar-refractivity contribution in [2.24, 2.45) is 0 Å². The van der Waals surface area contributed by atoms with Crippen LogP contribution in [0.5, 0.6) is 0 Å². The Hall–Kier alpha value is -3.07. The van der Waals surface area contributed by atoms with E-state index in [1.54, 1.807) is 36.4 Å². The van der Waals surface area contributed by atoms with E-state index >= 15 is 0 Å². The molecule has 0 aliphatic heterocycles. The molecule has 152 valence electrons. The van der Waals surface area contributed by atoms with E-state index < -0.39 is 17.2 Å². The zero-order valence-electron chi connectivity index (χ0n) is 15.9. The quantitative estimate of drug-likeness (QED) is 0.561. The number of H-pyrrole nitrogens is 1. The van der Waals surface area contributed by atoms with Gasteiger partial charge in [-0.25, -0.2) is 4.79 Å². The molecular formula is C20H21BrN4O4. The van der Waals surface area contributed by atoms with Gasteiger partial charge >= 0.3 is 5.69 Å². The van der Waals surface area contributed by atoms with E-state index in [4.69, 9.17) is 10.2 Å². The Morgan fingerprint density at radius 3 is 2.59 bits per heavy atom. The maximum absolute atomic E-state index is 13.3. The van der Waals surface area contributed by atoms with E-state index in [9.17, 15) is 14.4 Å². The van der Waals surface area contributed by atoms with Gasteiger partial charge < -0.3 is 10.2 Å². The monoisotopic (exact) mass is 460 g/mol. The van der Waals surface area contributed by atoms with Crippen molar-refractivity contribution in [1.29, 1.82) is 0 Å². The molecule has 0 aliphatic carbocycles. The molecule has 29 heavy (non-hydrogen) atoms. The van der Waals surface area contributed by atoms with Crippen molar-refractivity contribution in [3.63, 3.8) is 0 Å². The third kappa shape index (κ3) is 4.51. The fraction of sp³-hybridized carbons (Fsp3) is 0.250. The van der Waals surface area contributed by atoms with Crippen LogP contribution in [0.4, 0.5) is 11.5 Å². The van der Waals surface area contributed by atoms with Crippen LogP contribution in [0, 0.1) is 0 Å². The lowest BCUT2D eigenvalue weighted by Crippen LogP contribution is -2.41. The summed E-state index contributed by atoms with van der Waals surface area (Å²) in [7, 11) is 0. The summed E-state index contributed by atoms with van der Waals surface area (Å²) in [4.78, 5) is 41.7. The number of nitrogen functional groups attached to an aromatic ring is 1. The van der Waals surface area contributed by atoms with E-state index in [-0.39, 0.29) is 18.1 Å². The second-order valence-corrected chi connectivity index (χ2v) is 7.39. The van der Waals surface area contributed by atoms with Gasteiger partial charge in [0.05, 0.1) is 12.8 Å². The minimum absolute atomic E-state index is 0.0127. The Kier molecular flexibility index (Phi) is 6.38.